The lowest BCUT2D eigenvalue weighted by Crippen LogP contribution is -2.57. The molecule has 0 aromatic heterocycles. The van der Waals surface area contributed by atoms with Gasteiger partial charge in [-0.2, -0.15) is 0 Å². The van der Waals surface area contributed by atoms with Gasteiger partial charge in [-0.3, -0.25) is 0 Å². The van der Waals surface area contributed by atoms with Crippen molar-refractivity contribution in [3.05, 3.63) is 82.4 Å². The largest absolute Gasteiger partial charge is 0.508 e. The SMILES string of the molecule is Oc1cc(O)c2c(c1)O[C@@]1(c3ccc(O)c(O)c3)Oc3cc(O)c4c(c3[C@@H]2C1O)O[C@@H](c1ccc(O)c(O)c1)[C@H](O)C4. The number of benzene rings is 4. The molecule has 0 fully saturated rings. The van der Waals surface area contributed by atoms with Crippen LogP contribution >= 0.6 is 0 Å². The van der Waals surface area contributed by atoms with E-state index in [1.54, 1.807) is 0 Å². The van der Waals surface area contributed by atoms with Gasteiger partial charge in [0.1, 0.15) is 46.7 Å². The van der Waals surface area contributed by atoms with Crippen LogP contribution in [0.15, 0.2) is 54.6 Å². The zero-order chi connectivity index (χ0) is 29.7. The Labute approximate surface area is 236 Å². The van der Waals surface area contributed by atoms with Crippen LogP contribution in [0.1, 0.15) is 39.8 Å². The smallest absolute Gasteiger partial charge is 0.305 e. The number of fused-ring (bicyclic) bond motifs is 8. The molecule has 0 radical (unpaired) electrons. The third-order valence-corrected chi connectivity index (χ3v) is 8.03. The van der Waals surface area contributed by atoms with Gasteiger partial charge in [-0.25, -0.2) is 0 Å². The summed E-state index contributed by atoms with van der Waals surface area (Å²) in [5.74, 6) is -6.11. The van der Waals surface area contributed by atoms with E-state index in [9.17, 15) is 46.0 Å². The Balaban J connectivity index is 1.47. The highest BCUT2D eigenvalue weighted by Crippen LogP contribution is 2.62. The van der Waals surface area contributed by atoms with Gasteiger partial charge in [0, 0.05) is 46.9 Å². The monoisotopic (exact) mass is 576 g/mol. The lowest BCUT2D eigenvalue weighted by Gasteiger charge is -2.50. The highest BCUT2D eigenvalue weighted by atomic mass is 16.7. The number of ether oxygens (including phenoxy) is 3. The Bertz CT molecular complexity index is 1790. The fourth-order valence-electron chi connectivity index (χ4n) is 6.09. The maximum atomic E-state index is 11.9. The molecule has 42 heavy (non-hydrogen) atoms. The molecule has 1 unspecified atom stereocenters. The Hall–Kier alpha value is -5.20. The van der Waals surface area contributed by atoms with Crippen LogP contribution in [0.2, 0.25) is 0 Å². The molecule has 4 aromatic carbocycles. The van der Waals surface area contributed by atoms with Gasteiger partial charge in [0.05, 0.1) is 12.0 Å². The van der Waals surface area contributed by atoms with E-state index >= 15 is 0 Å². The fraction of sp³-hybridized carbons (Fsp3) is 0.200. The van der Waals surface area contributed by atoms with Gasteiger partial charge in [-0.1, -0.05) is 6.07 Å². The Morgan fingerprint density at radius 1 is 0.643 bits per heavy atom. The molecule has 3 aliphatic rings. The first-order valence-electron chi connectivity index (χ1n) is 12.9. The maximum Gasteiger partial charge on any atom is 0.305 e. The predicted octanol–water partition coefficient (Wildman–Crippen LogP) is 2.79. The van der Waals surface area contributed by atoms with E-state index in [0.717, 1.165) is 12.1 Å². The Morgan fingerprint density at radius 2 is 1.31 bits per heavy atom. The molecule has 7 rings (SSSR count). The summed E-state index contributed by atoms with van der Waals surface area (Å²) in [4.78, 5) is 0. The van der Waals surface area contributed by atoms with Crippen molar-refractivity contribution in [2.75, 3.05) is 0 Å². The van der Waals surface area contributed by atoms with Gasteiger partial charge in [-0.05, 0) is 35.9 Å². The molecule has 2 bridgehead atoms. The summed E-state index contributed by atoms with van der Waals surface area (Å²) < 4.78 is 18.6. The number of phenolic OH excluding ortho intramolecular Hbond substituents is 7. The average Bonchev–Trinajstić information content (AvgIpc) is 2.92. The number of phenols is 7. The van der Waals surface area contributed by atoms with E-state index in [0.29, 0.717) is 5.56 Å². The van der Waals surface area contributed by atoms with E-state index in [1.165, 1.54) is 42.5 Å². The second kappa shape index (κ2) is 8.65. The van der Waals surface area contributed by atoms with E-state index in [4.69, 9.17) is 14.2 Å². The van der Waals surface area contributed by atoms with E-state index in [1.807, 2.05) is 0 Å². The quantitative estimate of drug-likeness (QED) is 0.158. The second-order valence-corrected chi connectivity index (χ2v) is 10.5. The van der Waals surface area contributed by atoms with Crippen molar-refractivity contribution >= 4 is 0 Å². The second-order valence-electron chi connectivity index (χ2n) is 10.5. The van der Waals surface area contributed by atoms with Crippen LogP contribution in [-0.2, 0) is 12.2 Å². The first kappa shape index (κ1) is 25.7. The van der Waals surface area contributed by atoms with Gasteiger partial charge < -0.3 is 60.2 Å². The molecule has 5 atom stereocenters. The van der Waals surface area contributed by atoms with Crippen LogP contribution < -0.4 is 14.2 Å². The van der Waals surface area contributed by atoms with Crippen LogP contribution in [0.25, 0.3) is 0 Å². The summed E-state index contributed by atoms with van der Waals surface area (Å²) in [6.07, 6.45) is -4.00. The molecular formula is C30H24O12. The van der Waals surface area contributed by atoms with Crippen molar-refractivity contribution in [1.82, 2.24) is 0 Å². The summed E-state index contributed by atoms with van der Waals surface area (Å²) in [6, 6.07) is 11.1. The van der Waals surface area contributed by atoms with Crippen molar-refractivity contribution in [2.45, 2.75) is 36.4 Å². The maximum absolute atomic E-state index is 11.9. The zero-order valence-corrected chi connectivity index (χ0v) is 21.5. The van der Waals surface area contributed by atoms with Gasteiger partial charge >= 0.3 is 5.79 Å². The van der Waals surface area contributed by atoms with Crippen LogP contribution in [0.3, 0.4) is 0 Å². The minimum Gasteiger partial charge on any atom is -0.508 e. The molecule has 3 aliphatic heterocycles. The van der Waals surface area contributed by atoms with Gasteiger partial charge in [0.2, 0.25) is 0 Å². The third-order valence-electron chi connectivity index (χ3n) is 8.03. The molecule has 12 heteroatoms. The number of rotatable bonds is 2. The number of hydrogen-bond acceptors (Lipinski definition) is 12. The molecule has 12 nitrogen and oxygen atoms in total. The average molecular weight is 577 g/mol. The topological polar surface area (TPSA) is 210 Å². The summed E-state index contributed by atoms with van der Waals surface area (Å²) in [7, 11) is 0. The van der Waals surface area contributed by atoms with E-state index < -0.39 is 53.0 Å². The van der Waals surface area contributed by atoms with Crippen LogP contribution in [0, 0.1) is 0 Å². The molecule has 0 amide bonds. The molecular weight excluding hydrogens is 552 g/mol. The van der Waals surface area contributed by atoms with Gasteiger partial charge in [-0.15, -0.1) is 0 Å². The predicted molar refractivity (Wildman–Crippen MR) is 141 cm³/mol. The van der Waals surface area contributed by atoms with Crippen LogP contribution in [-0.4, -0.2) is 58.2 Å². The first-order chi connectivity index (χ1) is 20.0. The minimum absolute atomic E-state index is 0.0177. The molecule has 0 saturated carbocycles. The van der Waals surface area contributed by atoms with Crippen LogP contribution in [0.5, 0.6) is 57.5 Å². The molecule has 3 heterocycles. The van der Waals surface area contributed by atoms with Crippen molar-refractivity contribution in [3.8, 4) is 57.5 Å². The number of aliphatic hydroxyl groups excluding tert-OH is 2. The molecule has 0 saturated heterocycles. The zero-order valence-electron chi connectivity index (χ0n) is 21.5. The highest BCUT2D eigenvalue weighted by Gasteiger charge is 2.60. The van der Waals surface area contributed by atoms with Crippen molar-refractivity contribution < 1.29 is 60.2 Å². The number of hydrogen-bond donors (Lipinski definition) is 9. The summed E-state index contributed by atoms with van der Waals surface area (Å²) in [5.41, 5.74) is 0.842. The van der Waals surface area contributed by atoms with Crippen molar-refractivity contribution in [2.24, 2.45) is 0 Å². The molecule has 9 N–H and O–H groups in total. The Morgan fingerprint density at radius 3 is 2.00 bits per heavy atom. The first-order valence-corrected chi connectivity index (χ1v) is 12.9. The lowest BCUT2D eigenvalue weighted by atomic mass is 9.74. The molecule has 0 spiro atoms. The molecule has 216 valence electrons. The van der Waals surface area contributed by atoms with Crippen molar-refractivity contribution in [1.29, 1.82) is 0 Å². The van der Waals surface area contributed by atoms with Crippen molar-refractivity contribution in [3.63, 3.8) is 0 Å². The third kappa shape index (κ3) is 3.49. The standard InChI is InChI=1S/C30H24O12/c31-13-7-20(37)24-22(8-13)41-30(12-2-4-16(33)19(36)6-12)29(39)26(24)25-23(42-30)10-17(34)14-9-21(38)27(40-28(14)25)11-1-3-15(32)18(35)5-11/h1-8,10,21,26-27,29,31-39H,9H2/t21-,26-,27+,29?,30+/m1/s1. The van der Waals surface area contributed by atoms with Gasteiger partial charge in [0.15, 0.2) is 23.0 Å². The summed E-state index contributed by atoms with van der Waals surface area (Å²) in [6.45, 7) is 0. The van der Waals surface area contributed by atoms with E-state index in [-0.39, 0.29) is 63.2 Å². The number of aliphatic hydroxyl groups is 2. The van der Waals surface area contributed by atoms with Gasteiger partial charge in [0.25, 0.3) is 0 Å². The molecule has 0 aliphatic carbocycles. The summed E-state index contributed by atoms with van der Waals surface area (Å²) >= 11 is 0. The summed E-state index contributed by atoms with van der Waals surface area (Å²) in [5, 5.41) is 95.1. The lowest BCUT2D eigenvalue weighted by molar-refractivity contribution is -0.219. The highest BCUT2D eigenvalue weighted by molar-refractivity contribution is 5.68. The minimum atomic E-state index is -2.09. The fourth-order valence-corrected chi connectivity index (χ4v) is 6.09. The molecule has 4 aromatic rings. The number of aromatic hydroxyl groups is 7. The normalized spacial score (nSPS) is 25.2. The Kier molecular flexibility index (Phi) is 5.30. The van der Waals surface area contributed by atoms with E-state index in [2.05, 4.69) is 0 Å². The van der Waals surface area contributed by atoms with Crippen LogP contribution in [0.4, 0.5) is 0 Å².